The lowest BCUT2D eigenvalue weighted by Gasteiger charge is -2.32. The van der Waals surface area contributed by atoms with Crippen molar-refractivity contribution in [3.8, 4) is 0 Å². The van der Waals surface area contributed by atoms with Crippen LogP contribution < -0.4 is 10.6 Å². The standard InChI is InChI=1S/C18H34N2/c1-14(2)10-18(8-3-4-9-18)13-19-12-17-16-7-5-6-15(16)11-20-17/h14-17,19-20H,3-13H2,1-2H3. The first-order chi connectivity index (χ1) is 9.69. The zero-order valence-electron chi connectivity index (χ0n) is 13.6. The lowest BCUT2D eigenvalue weighted by molar-refractivity contribution is 0.219. The molecule has 1 aliphatic heterocycles. The molecule has 0 spiro atoms. The van der Waals surface area contributed by atoms with Crippen LogP contribution in [0.25, 0.3) is 0 Å². The second kappa shape index (κ2) is 6.36. The first kappa shape index (κ1) is 14.8. The number of nitrogens with one attached hydrogen (secondary N) is 2. The molecule has 2 nitrogen and oxygen atoms in total. The molecule has 3 aliphatic rings. The summed E-state index contributed by atoms with van der Waals surface area (Å²) in [7, 11) is 0. The van der Waals surface area contributed by atoms with Gasteiger partial charge in [-0.2, -0.15) is 0 Å². The molecule has 3 unspecified atom stereocenters. The third kappa shape index (κ3) is 3.22. The third-order valence-corrected chi connectivity index (χ3v) is 6.25. The fourth-order valence-electron chi connectivity index (χ4n) is 5.46. The molecule has 2 N–H and O–H groups in total. The smallest absolute Gasteiger partial charge is 0.0223 e. The van der Waals surface area contributed by atoms with Gasteiger partial charge in [-0.05, 0) is 61.8 Å². The lowest BCUT2D eigenvalue weighted by atomic mass is 9.78. The highest BCUT2D eigenvalue weighted by Crippen LogP contribution is 2.43. The van der Waals surface area contributed by atoms with Crippen LogP contribution in [0.1, 0.15) is 65.2 Å². The first-order valence-corrected chi connectivity index (χ1v) is 9.13. The quantitative estimate of drug-likeness (QED) is 0.776. The van der Waals surface area contributed by atoms with Crippen molar-refractivity contribution >= 4 is 0 Å². The summed E-state index contributed by atoms with van der Waals surface area (Å²) in [6, 6.07) is 0.764. The SMILES string of the molecule is CC(C)CC1(CNCC2NCC3CCCC32)CCCC1. The molecule has 0 aromatic carbocycles. The van der Waals surface area contributed by atoms with E-state index in [0.29, 0.717) is 5.41 Å². The Morgan fingerprint density at radius 2 is 1.95 bits per heavy atom. The minimum absolute atomic E-state index is 0.627. The number of fused-ring (bicyclic) bond motifs is 1. The van der Waals surface area contributed by atoms with E-state index in [-0.39, 0.29) is 0 Å². The summed E-state index contributed by atoms with van der Waals surface area (Å²) < 4.78 is 0. The van der Waals surface area contributed by atoms with Gasteiger partial charge in [0.15, 0.2) is 0 Å². The van der Waals surface area contributed by atoms with Crippen LogP contribution in [0, 0.1) is 23.2 Å². The van der Waals surface area contributed by atoms with Crippen molar-refractivity contribution in [1.29, 1.82) is 0 Å². The van der Waals surface area contributed by atoms with Crippen LogP contribution in [0.15, 0.2) is 0 Å². The zero-order chi connectivity index (χ0) is 14.0. The van der Waals surface area contributed by atoms with Gasteiger partial charge in [0, 0.05) is 19.1 Å². The topological polar surface area (TPSA) is 24.1 Å². The van der Waals surface area contributed by atoms with Gasteiger partial charge in [0.25, 0.3) is 0 Å². The number of hydrogen-bond acceptors (Lipinski definition) is 2. The zero-order valence-corrected chi connectivity index (χ0v) is 13.6. The summed E-state index contributed by atoms with van der Waals surface area (Å²) in [5.41, 5.74) is 0.627. The van der Waals surface area contributed by atoms with Gasteiger partial charge in [0.05, 0.1) is 0 Å². The highest BCUT2D eigenvalue weighted by Gasteiger charge is 2.39. The Kier molecular flexibility index (Phi) is 4.72. The molecule has 1 saturated heterocycles. The Morgan fingerprint density at radius 3 is 2.70 bits per heavy atom. The fraction of sp³-hybridized carbons (Fsp3) is 1.00. The van der Waals surface area contributed by atoms with E-state index in [4.69, 9.17) is 0 Å². The molecule has 2 heteroatoms. The average Bonchev–Trinajstić information content (AvgIpc) is 3.06. The Morgan fingerprint density at radius 1 is 1.15 bits per heavy atom. The first-order valence-electron chi connectivity index (χ1n) is 9.13. The summed E-state index contributed by atoms with van der Waals surface area (Å²) in [4.78, 5) is 0. The maximum absolute atomic E-state index is 3.87. The Hall–Kier alpha value is -0.0800. The van der Waals surface area contributed by atoms with E-state index in [1.165, 1.54) is 71.0 Å². The van der Waals surface area contributed by atoms with Crippen molar-refractivity contribution in [2.75, 3.05) is 19.6 Å². The molecule has 3 rings (SSSR count). The van der Waals surface area contributed by atoms with Crippen LogP contribution in [0.5, 0.6) is 0 Å². The number of rotatable bonds is 6. The second-order valence-electron chi connectivity index (χ2n) is 8.31. The molecular weight excluding hydrogens is 244 g/mol. The van der Waals surface area contributed by atoms with Gasteiger partial charge in [0.1, 0.15) is 0 Å². The third-order valence-electron chi connectivity index (χ3n) is 6.25. The van der Waals surface area contributed by atoms with Crippen LogP contribution in [0.2, 0.25) is 0 Å². The van der Waals surface area contributed by atoms with Crippen molar-refractivity contribution in [2.24, 2.45) is 23.2 Å². The number of hydrogen-bond donors (Lipinski definition) is 2. The highest BCUT2D eigenvalue weighted by atomic mass is 15.0. The van der Waals surface area contributed by atoms with Gasteiger partial charge >= 0.3 is 0 Å². The van der Waals surface area contributed by atoms with Gasteiger partial charge in [-0.3, -0.25) is 0 Å². The largest absolute Gasteiger partial charge is 0.315 e. The van der Waals surface area contributed by atoms with E-state index >= 15 is 0 Å². The van der Waals surface area contributed by atoms with E-state index in [1.807, 2.05) is 0 Å². The van der Waals surface area contributed by atoms with Gasteiger partial charge in [0.2, 0.25) is 0 Å². The van der Waals surface area contributed by atoms with Crippen molar-refractivity contribution in [2.45, 2.75) is 71.3 Å². The molecule has 1 heterocycles. The van der Waals surface area contributed by atoms with Gasteiger partial charge in [-0.25, -0.2) is 0 Å². The maximum Gasteiger partial charge on any atom is 0.0223 e. The molecule has 2 aliphatic carbocycles. The Balaban J connectivity index is 1.46. The van der Waals surface area contributed by atoms with E-state index in [0.717, 1.165) is 23.8 Å². The lowest BCUT2D eigenvalue weighted by Crippen LogP contribution is -2.42. The van der Waals surface area contributed by atoms with Gasteiger partial charge in [-0.15, -0.1) is 0 Å². The second-order valence-corrected chi connectivity index (χ2v) is 8.31. The van der Waals surface area contributed by atoms with Crippen LogP contribution >= 0.6 is 0 Å². The predicted molar refractivity (Wildman–Crippen MR) is 85.8 cm³/mol. The van der Waals surface area contributed by atoms with Crippen molar-refractivity contribution < 1.29 is 0 Å². The molecule has 0 bridgehead atoms. The molecule has 3 fully saturated rings. The molecule has 0 amide bonds. The predicted octanol–water partition coefficient (Wildman–Crippen LogP) is 3.57. The normalized spacial score (nSPS) is 35.9. The minimum atomic E-state index is 0.627. The summed E-state index contributed by atoms with van der Waals surface area (Å²) in [5.74, 6) is 2.82. The van der Waals surface area contributed by atoms with Crippen LogP contribution in [-0.4, -0.2) is 25.7 Å². The van der Waals surface area contributed by atoms with Crippen LogP contribution in [0.4, 0.5) is 0 Å². The van der Waals surface area contributed by atoms with E-state index in [1.54, 1.807) is 0 Å². The molecule has 3 atom stereocenters. The molecular formula is C18H34N2. The summed E-state index contributed by atoms with van der Waals surface area (Å²) in [6.07, 6.45) is 11.7. The van der Waals surface area contributed by atoms with Crippen molar-refractivity contribution in [3.05, 3.63) is 0 Å². The molecule has 0 radical (unpaired) electrons. The minimum Gasteiger partial charge on any atom is -0.315 e. The Labute approximate surface area is 125 Å². The summed E-state index contributed by atoms with van der Waals surface area (Å²) >= 11 is 0. The average molecular weight is 278 g/mol. The molecule has 0 aromatic rings. The molecule has 116 valence electrons. The monoisotopic (exact) mass is 278 g/mol. The fourth-order valence-corrected chi connectivity index (χ4v) is 5.46. The van der Waals surface area contributed by atoms with Crippen LogP contribution in [0.3, 0.4) is 0 Å². The summed E-state index contributed by atoms with van der Waals surface area (Å²) in [6.45, 7) is 8.54. The van der Waals surface area contributed by atoms with Gasteiger partial charge < -0.3 is 10.6 Å². The summed E-state index contributed by atoms with van der Waals surface area (Å²) in [5, 5.41) is 7.64. The highest BCUT2D eigenvalue weighted by molar-refractivity contribution is 4.96. The molecule has 2 saturated carbocycles. The van der Waals surface area contributed by atoms with Gasteiger partial charge in [-0.1, -0.05) is 33.1 Å². The molecule has 0 aromatic heterocycles. The van der Waals surface area contributed by atoms with Crippen molar-refractivity contribution in [1.82, 2.24) is 10.6 Å². The Bertz CT molecular complexity index is 307. The molecule has 20 heavy (non-hydrogen) atoms. The van der Waals surface area contributed by atoms with Crippen molar-refractivity contribution in [3.63, 3.8) is 0 Å². The van der Waals surface area contributed by atoms with E-state index < -0.39 is 0 Å². The maximum atomic E-state index is 3.87. The van der Waals surface area contributed by atoms with E-state index in [2.05, 4.69) is 24.5 Å². The van der Waals surface area contributed by atoms with Crippen LogP contribution in [-0.2, 0) is 0 Å². The van der Waals surface area contributed by atoms with E-state index in [9.17, 15) is 0 Å².